The number of nitrogens with zero attached hydrogens (tertiary/aromatic N) is 6. The number of fused-ring (bicyclic) bond motifs is 1. The standard InChI is InChI=1S/C21H27N7O2/c1-13-11-28(12-14(2)30-13)21-24-19-16(20(25-21)27-6-8-29-9-7-27)4-5-18(23-19)17-10-22-26-15(17)3/h4-5,10,13-14H,6-9,11-12H2,1-3H3,(H,22,26). The zero-order valence-electron chi connectivity index (χ0n) is 17.6. The first kappa shape index (κ1) is 19.2. The number of ether oxygens (including phenoxy) is 2. The molecule has 0 spiro atoms. The van der Waals surface area contributed by atoms with Gasteiger partial charge in [0.05, 0.1) is 42.2 Å². The Kier molecular flexibility index (Phi) is 5.00. The van der Waals surface area contributed by atoms with Gasteiger partial charge in [-0.15, -0.1) is 0 Å². The highest BCUT2D eigenvalue weighted by Crippen LogP contribution is 2.30. The van der Waals surface area contributed by atoms with Gasteiger partial charge in [0.25, 0.3) is 0 Å². The lowest BCUT2D eigenvalue weighted by molar-refractivity contribution is -0.00570. The van der Waals surface area contributed by atoms with Crippen molar-refractivity contribution in [2.24, 2.45) is 0 Å². The summed E-state index contributed by atoms with van der Waals surface area (Å²) >= 11 is 0. The molecule has 9 heteroatoms. The van der Waals surface area contributed by atoms with E-state index in [4.69, 9.17) is 24.4 Å². The normalized spacial score (nSPS) is 22.6. The van der Waals surface area contributed by atoms with E-state index in [1.54, 1.807) is 0 Å². The third-order valence-corrected chi connectivity index (χ3v) is 5.65. The van der Waals surface area contributed by atoms with E-state index in [9.17, 15) is 0 Å². The van der Waals surface area contributed by atoms with E-state index in [0.29, 0.717) is 24.8 Å². The van der Waals surface area contributed by atoms with Crippen LogP contribution in [0.4, 0.5) is 11.8 Å². The highest BCUT2D eigenvalue weighted by Gasteiger charge is 2.26. The van der Waals surface area contributed by atoms with E-state index in [1.807, 2.05) is 19.2 Å². The minimum Gasteiger partial charge on any atom is -0.378 e. The van der Waals surface area contributed by atoms with Crippen LogP contribution in [-0.4, -0.2) is 76.8 Å². The summed E-state index contributed by atoms with van der Waals surface area (Å²) in [5.74, 6) is 1.63. The summed E-state index contributed by atoms with van der Waals surface area (Å²) < 4.78 is 11.5. The fourth-order valence-electron chi connectivity index (χ4n) is 4.25. The first-order valence-corrected chi connectivity index (χ1v) is 10.5. The topological polar surface area (TPSA) is 92.3 Å². The van der Waals surface area contributed by atoms with Crippen molar-refractivity contribution in [3.05, 3.63) is 24.0 Å². The van der Waals surface area contributed by atoms with Gasteiger partial charge in [0.15, 0.2) is 5.65 Å². The van der Waals surface area contributed by atoms with Crippen LogP contribution in [0.25, 0.3) is 22.3 Å². The van der Waals surface area contributed by atoms with Gasteiger partial charge >= 0.3 is 0 Å². The van der Waals surface area contributed by atoms with Gasteiger partial charge in [-0.2, -0.15) is 15.1 Å². The fraction of sp³-hybridized carbons (Fsp3) is 0.524. The van der Waals surface area contributed by atoms with Gasteiger partial charge in [-0.1, -0.05) is 0 Å². The lowest BCUT2D eigenvalue weighted by atomic mass is 10.1. The van der Waals surface area contributed by atoms with E-state index in [1.165, 1.54) is 0 Å². The maximum Gasteiger partial charge on any atom is 0.229 e. The summed E-state index contributed by atoms with van der Waals surface area (Å²) in [7, 11) is 0. The molecule has 0 saturated carbocycles. The predicted octanol–water partition coefficient (Wildman–Crippen LogP) is 2.17. The second-order valence-electron chi connectivity index (χ2n) is 8.06. The van der Waals surface area contributed by atoms with E-state index in [-0.39, 0.29) is 12.2 Å². The molecule has 3 aromatic heterocycles. The third kappa shape index (κ3) is 3.59. The van der Waals surface area contributed by atoms with Crippen molar-refractivity contribution in [2.75, 3.05) is 49.2 Å². The second-order valence-corrected chi connectivity index (χ2v) is 8.06. The average Bonchev–Trinajstić information content (AvgIpc) is 3.18. The van der Waals surface area contributed by atoms with Crippen LogP contribution in [0.2, 0.25) is 0 Å². The Morgan fingerprint density at radius 3 is 2.47 bits per heavy atom. The SMILES string of the molecule is Cc1n[nH]cc1-c1ccc2c(N3CCOCC3)nc(N3CC(C)OC(C)C3)nc2n1. The number of rotatable bonds is 3. The van der Waals surface area contributed by atoms with Gasteiger partial charge in [-0.25, -0.2) is 4.98 Å². The molecule has 0 amide bonds. The molecule has 2 aliphatic rings. The van der Waals surface area contributed by atoms with Crippen molar-refractivity contribution >= 4 is 22.8 Å². The first-order chi connectivity index (χ1) is 14.6. The Labute approximate surface area is 175 Å². The smallest absolute Gasteiger partial charge is 0.229 e. The van der Waals surface area contributed by atoms with Gasteiger partial charge in [-0.3, -0.25) is 5.10 Å². The number of hydrogen-bond acceptors (Lipinski definition) is 8. The molecule has 9 nitrogen and oxygen atoms in total. The van der Waals surface area contributed by atoms with Crippen molar-refractivity contribution in [1.29, 1.82) is 0 Å². The van der Waals surface area contributed by atoms with Crippen LogP contribution in [0.15, 0.2) is 18.3 Å². The fourth-order valence-corrected chi connectivity index (χ4v) is 4.25. The lowest BCUT2D eigenvalue weighted by Crippen LogP contribution is -2.46. The summed E-state index contributed by atoms with van der Waals surface area (Å²) in [4.78, 5) is 19.3. The summed E-state index contributed by atoms with van der Waals surface area (Å²) in [6.07, 6.45) is 2.14. The van der Waals surface area contributed by atoms with Crippen molar-refractivity contribution in [3.8, 4) is 11.3 Å². The molecule has 0 aromatic carbocycles. The Balaban J connectivity index is 1.63. The molecule has 30 heavy (non-hydrogen) atoms. The van der Waals surface area contributed by atoms with Crippen LogP contribution in [-0.2, 0) is 9.47 Å². The molecule has 3 aromatic rings. The number of pyridine rings is 1. The molecule has 5 rings (SSSR count). The number of morpholine rings is 2. The number of aryl methyl sites for hydroxylation is 1. The van der Waals surface area contributed by atoms with E-state index >= 15 is 0 Å². The summed E-state index contributed by atoms with van der Waals surface area (Å²) in [6.45, 7) is 10.7. The number of anilines is 2. The molecular formula is C21H27N7O2. The molecule has 2 aliphatic heterocycles. The van der Waals surface area contributed by atoms with Crippen LogP contribution in [0, 0.1) is 6.92 Å². The quantitative estimate of drug-likeness (QED) is 0.704. The molecule has 2 fully saturated rings. The minimum absolute atomic E-state index is 0.132. The first-order valence-electron chi connectivity index (χ1n) is 10.5. The van der Waals surface area contributed by atoms with Crippen LogP contribution >= 0.6 is 0 Å². The number of aromatic nitrogens is 5. The van der Waals surface area contributed by atoms with Crippen LogP contribution in [0.3, 0.4) is 0 Å². The number of aromatic amines is 1. The zero-order valence-corrected chi connectivity index (χ0v) is 17.6. The minimum atomic E-state index is 0.132. The Bertz CT molecular complexity index is 1040. The van der Waals surface area contributed by atoms with Crippen LogP contribution in [0.5, 0.6) is 0 Å². The van der Waals surface area contributed by atoms with Crippen molar-refractivity contribution in [1.82, 2.24) is 25.1 Å². The molecule has 0 aliphatic carbocycles. The Hall–Kier alpha value is -2.78. The largest absolute Gasteiger partial charge is 0.378 e. The van der Waals surface area contributed by atoms with Crippen molar-refractivity contribution < 1.29 is 9.47 Å². The van der Waals surface area contributed by atoms with Gasteiger partial charge in [0.2, 0.25) is 5.95 Å². The molecule has 2 saturated heterocycles. The van der Waals surface area contributed by atoms with Crippen molar-refractivity contribution in [2.45, 2.75) is 33.0 Å². The zero-order chi connectivity index (χ0) is 20.7. The molecular weight excluding hydrogens is 382 g/mol. The average molecular weight is 409 g/mol. The summed E-state index contributed by atoms with van der Waals surface area (Å²) in [6, 6.07) is 4.09. The number of hydrogen-bond donors (Lipinski definition) is 1. The lowest BCUT2D eigenvalue weighted by Gasteiger charge is -2.36. The monoisotopic (exact) mass is 409 g/mol. The van der Waals surface area contributed by atoms with Gasteiger partial charge in [0, 0.05) is 37.9 Å². The van der Waals surface area contributed by atoms with E-state index in [0.717, 1.165) is 54.3 Å². The Morgan fingerprint density at radius 1 is 1.00 bits per heavy atom. The van der Waals surface area contributed by atoms with E-state index in [2.05, 4.69) is 39.9 Å². The molecule has 2 atom stereocenters. The van der Waals surface area contributed by atoms with E-state index < -0.39 is 0 Å². The number of nitrogens with one attached hydrogen (secondary N) is 1. The second kappa shape index (κ2) is 7.81. The highest BCUT2D eigenvalue weighted by atomic mass is 16.5. The molecule has 0 bridgehead atoms. The maximum atomic E-state index is 5.90. The molecule has 0 radical (unpaired) electrons. The Morgan fingerprint density at radius 2 is 1.77 bits per heavy atom. The van der Waals surface area contributed by atoms with Crippen molar-refractivity contribution in [3.63, 3.8) is 0 Å². The molecule has 5 heterocycles. The summed E-state index contributed by atoms with van der Waals surface area (Å²) in [5, 5.41) is 8.10. The van der Waals surface area contributed by atoms with Gasteiger partial charge < -0.3 is 19.3 Å². The van der Waals surface area contributed by atoms with Gasteiger partial charge in [-0.05, 0) is 32.9 Å². The molecule has 2 unspecified atom stereocenters. The summed E-state index contributed by atoms with van der Waals surface area (Å²) in [5.41, 5.74) is 3.46. The highest BCUT2D eigenvalue weighted by molar-refractivity contribution is 5.90. The van der Waals surface area contributed by atoms with Crippen LogP contribution in [0.1, 0.15) is 19.5 Å². The molecule has 158 valence electrons. The maximum absolute atomic E-state index is 5.90. The molecule has 1 N–H and O–H groups in total. The third-order valence-electron chi connectivity index (χ3n) is 5.65. The predicted molar refractivity (Wildman–Crippen MR) is 115 cm³/mol. The number of H-pyrrole nitrogens is 1. The van der Waals surface area contributed by atoms with Gasteiger partial charge in [0.1, 0.15) is 5.82 Å². The van der Waals surface area contributed by atoms with Crippen LogP contribution < -0.4 is 9.80 Å².